The molecule has 2 rings (SSSR count). The molecule has 1 heterocycles. The number of nitrogens with zero attached hydrogens (tertiary/aromatic N) is 1. The van der Waals surface area contributed by atoms with Crippen LogP contribution >= 0.6 is 0 Å². The molecule has 0 aliphatic carbocycles. The molecule has 2 aromatic rings. The van der Waals surface area contributed by atoms with Crippen molar-refractivity contribution in [2.75, 3.05) is 6.54 Å². The second-order valence-electron chi connectivity index (χ2n) is 4.70. The molecule has 0 spiro atoms. The summed E-state index contributed by atoms with van der Waals surface area (Å²) in [5.74, 6) is 0.110. The first-order valence-electron chi connectivity index (χ1n) is 6.51. The molecule has 1 aromatic carbocycles. The van der Waals surface area contributed by atoms with Crippen LogP contribution in [0.5, 0.6) is 0 Å². The van der Waals surface area contributed by atoms with Gasteiger partial charge < -0.3 is 9.88 Å². The van der Waals surface area contributed by atoms with Crippen molar-refractivity contribution in [3.8, 4) is 0 Å². The van der Waals surface area contributed by atoms with E-state index in [2.05, 4.69) is 35.0 Å². The lowest BCUT2D eigenvalue weighted by atomic mass is 10.1. The number of amides is 1. The van der Waals surface area contributed by atoms with Gasteiger partial charge >= 0.3 is 0 Å². The quantitative estimate of drug-likeness (QED) is 0.806. The normalized spacial score (nSPS) is 10.8. The molecule has 0 saturated carbocycles. The van der Waals surface area contributed by atoms with E-state index >= 15 is 0 Å². The fourth-order valence-electron chi connectivity index (χ4n) is 2.09. The van der Waals surface area contributed by atoms with Gasteiger partial charge in [0.25, 0.3) is 0 Å². The average Bonchev–Trinajstić information content (AvgIpc) is 2.71. The van der Waals surface area contributed by atoms with E-state index < -0.39 is 0 Å². The minimum Gasteiger partial charge on any atom is -0.356 e. The van der Waals surface area contributed by atoms with Crippen LogP contribution < -0.4 is 5.32 Å². The van der Waals surface area contributed by atoms with Crippen LogP contribution in [0.2, 0.25) is 0 Å². The molecule has 1 aromatic heterocycles. The first-order chi connectivity index (χ1) is 8.70. The Bertz CT molecular complexity index is 542. The Morgan fingerprint density at radius 2 is 2.17 bits per heavy atom. The average molecular weight is 244 g/mol. The Balaban J connectivity index is 2.01. The van der Waals surface area contributed by atoms with Crippen LogP contribution in [0, 0.1) is 0 Å². The number of carbonyl (C=O) groups excluding carboxylic acids is 1. The van der Waals surface area contributed by atoms with E-state index in [1.54, 1.807) is 0 Å². The van der Waals surface area contributed by atoms with Crippen LogP contribution in [-0.2, 0) is 18.3 Å². The number of nitrogens with one attached hydrogen (secondary N) is 1. The molecule has 0 saturated heterocycles. The lowest BCUT2D eigenvalue weighted by Gasteiger charge is -2.05. The Labute approximate surface area is 108 Å². The van der Waals surface area contributed by atoms with Gasteiger partial charge in [0.1, 0.15) is 0 Å². The maximum atomic E-state index is 11.7. The summed E-state index contributed by atoms with van der Waals surface area (Å²) in [6, 6.07) is 8.27. The van der Waals surface area contributed by atoms with E-state index in [0.717, 1.165) is 24.9 Å². The van der Waals surface area contributed by atoms with E-state index in [1.807, 2.05) is 19.3 Å². The third-order valence-electron chi connectivity index (χ3n) is 3.17. The van der Waals surface area contributed by atoms with Crippen LogP contribution in [0.25, 0.3) is 10.9 Å². The van der Waals surface area contributed by atoms with Gasteiger partial charge in [-0.1, -0.05) is 19.4 Å². The second kappa shape index (κ2) is 5.71. The van der Waals surface area contributed by atoms with Crippen LogP contribution in [0.1, 0.15) is 25.3 Å². The van der Waals surface area contributed by atoms with Gasteiger partial charge in [-0.2, -0.15) is 0 Å². The van der Waals surface area contributed by atoms with Crippen LogP contribution in [0.4, 0.5) is 0 Å². The Morgan fingerprint density at radius 1 is 1.33 bits per heavy atom. The first kappa shape index (κ1) is 12.7. The van der Waals surface area contributed by atoms with E-state index in [9.17, 15) is 4.79 Å². The number of benzene rings is 1. The molecule has 0 unspecified atom stereocenters. The molecule has 0 bridgehead atoms. The van der Waals surface area contributed by atoms with Gasteiger partial charge in [-0.25, -0.2) is 0 Å². The third-order valence-corrected chi connectivity index (χ3v) is 3.17. The highest BCUT2D eigenvalue weighted by atomic mass is 16.1. The first-order valence-corrected chi connectivity index (χ1v) is 6.51. The summed E-state index contributed by atoms with van der Waals surface area (Å²) in [6.45, 7) is 2.90. The van der Waals surface area contributed by atoms with Crippen LogP contribution in [0.15, 0.2) is 30.5 Å². The molecule has 96 valence electrons. The zero-order chi connectivity index (χ0) is 13.0. The third kappa shape index (κ3) is 2.92. The summed E-state index contributed by atoms with van der Waals surface area (Å²) in [4.78, 5) is 11.7. The van der Waals surface area contributed by atoms with E-state index in [0.29, 0.717) is 6.42 Å². The molecular formula is C15H20N2O. The maximum absolute atomic E-state index is 11.7. The summed E-state index contributed by atoms with van der Waals surface area (Å²) < 4.78 is 2.08. The number of aromatic nitrogens is 1. The van der Waals surface area contributed by atoms with Crippen molar-refractivity contribution in [3.05, 3.63) is 36.0 Å². The SMILES string of the molecule is CCCCNC(=O)Cc1ccc2c(ccn2C)c1. The van der Waals surface area contributed by atoms with Crippen molar-refractivity contribution < 1.29 is 4.79 Å². The number of carbonyl (C=O) groups is 1. The topological polar surface area (TPSA) is 34.0 Å². The van der Waals surface area contributed by atoms with Crippen molar-refractivity contribution in [3.63, 3.8) is 0 Å². The molecule has 3 heteroatoms. The molecule has 1 amide bonds. The van der Waals surface area contributed by atoms with Gasteiger partial charge in [0.15, 0.2) is 0 Å². The van der Waals surface area contributed by atoms with E-state index in [-0.39, 0.29) is 5.91 Å². The standard InChI is InChI=1S/C15H20N2O/c1-3-4-8-16-15(18)11-12-5-6-14-13(10-12)7-9-17(14)2/h5-7,9-10H,3-4,8,11H2,1-2H3,(H,16,18). The highest BCUT2D eigenvalue weighted by Crippen LogP contribution is 2.16. The predicted octanol–water partition coefficient (Wildman–Crippen LogP) is 2.64. The zero-order valence-corrected chi connectivity index (χ0v) is 11.1. The molecule has 0 atom stereocenters. The maximum Gasteiger partial charge on any atom is 0.224 e. The molecule has 3 nitrogen and oxygen atoms in total. The number of rotatable bonds is 5. The van der Waals surface area contributed by atoms with Gasteiger partial charge in [0.2, 0.25) is 5.91 Å². The van der Waals surface area contributed by atoms with E-state index in [4.69, 9.17) is 0 Å². The monoisotopic (exact) mass is 244 g/mol. The van der Waals surface area contributed by atoms with Crippen LogP contribution in [0.3, 0.4) is 0 Å². The van der Waals surface area contributed by atoms with E-state index in [1.165, 1.54) is 10.9 Å². The molecule has 18 heavy (non-hydrogen) atoms. The molecule has 0 aliphatic rings. The number of hydrogen-bond donors (Lipinski definition) is 1. The van der Waals surface area contributed by atoms with Crippen molar-refractivity contribution >= 4 is 16.8 Å². The Hall–Kier alpha value is -1.77. The number of aryl methyl sites for hydroxylation is 1. The van der Waals surface area contributed by atoms with Crippen molar-refractivity contribution in [1.82, 2.24) is 9.88 Å². The fourth-order valence-corrected chi connectivity index (χ4v) is 2.09. The Morgan fingerprint density at radius 3 is 2.94 bits per heavy atom. The van der Waals surface area contributed by atoms with Crippen molar-refractivity contribution in [1.29, 1.82) is 0 Å². The fraction of sp³-hybridized carbons (Fsp3) is 0.400. The minimum atomic E-state index is 0.110. The van der Waals surface area contributed by atoms with Gasteiger partial charge in [0.05, 0.1) is 6.42 Å². The summed E-state index contributed by atoms with van der Waals surface area (Å²) in [7, 11) is 2.03. The highest BCUT2D eigenvalue weighted by Gasteiger charge is 2.04. The summed E-state index contributed by atoms with van der Waals surface area (Å²) in [6.07, 6.45) is 4.66. The lowest BCUT2D eigenvalue weighted by molar-refractivity contribution is -0.120. The molecule has 0 radical (unpaired) electrons. The molecule has 0 aliphatic heterocycles. The van der Waals surface area contributed by atoms with Gasteiger partial charge in [0, 0.05) is 25.3 Å². The highest BCUT2D eigenvalue weighted by molar-refractivity contribution is 5.84. The van der Waals surface area contributed by atoms with Crippen molar-refractivity contribution in [2.45, 2.75) is 26.2 Å². The minimum absolute atomic E-state index is 0.110. The summed E-state index contributed by atoms with van der Waals surface area (Å²) in [5, 5.41) is 4.13. The second-order valence-corrected chi connectivity index (χ2v) is 4.70. The predicted molar refractivity (Wildman–Crippen MR) is 74.5 cm³/mol. The lowest BCUT2D eigenvalue weighted by Crippen LogP contribution is -2.25. The molecule has 0 fully saturated rings. The van der Waals surface area contributed by atoms with Gasteiger partial charge in [-0.05, 0) is 35.6 Å². The molecule has 1 N–H and O–H groups in total. The summed E-state index contributed by atoms with van der Waals surface area (Å²) >= 11 is 0. The Kier molecular flexibility index (Phi) is 4.03. The number of unbranched alkanes of at least 4 members (excludes halogenated alkanes) is 1. The smallest absolute Gasteiger partial charge is 0.224 e. The van der Waals surface area contributed by atoms with Gasteiger partial charge in [-0.15, -0.1) is 0 Å². The number of fused-ring (bicyclic) bond motifs is 1. The molecular weight excluding hydrogens is 224 g/mol. The number of hydrogen-bond acceptors (Lipinski definition) is 1. The zero-order valence-electron chi connectivity index (χ0n) is 11.1. The van der Waals surface area contributed by atoms with Crippen LogP contribution in [-0.4, -0.2) is 17.0 Å². The van der Waals surface area contributed by atoms with Crippen molar-refractivity contribution in [2.24, 2.45) is 7.05 Å². The van der Waals surface area contributed by atoms with Gasteiger partial charge in [-0.3, -0.25) is 4.79 Å². The summed E-state index contributed by atoms with van der Waals surface area (Å²) in [5.41, 5.74) is 2.27. The largest absolute Gasteiger partial charge is 0.356 e.